The van der Waals surface area contributed by atoms with Gasteiger partial charge in [-0.1, -0.05) is 48.5 Å². The summed E-state index contributed by atoms with van der Waals surface area (Å²) >= 11 is 0. The lowest BCUT2D eigenvalue weighted by molar-refractivity contribution is -0.181. The SMILES string of the molecule is O=C(O)CNC(=O)C(CNC(=O)OCC1c2ccccc2-c2ccccc21)C(F)(F)F. The van der Waals surface area contributed by atoms with Crippen LogP contribution in [0.5, 0.6) is 0 Å². The first-order valence-corrected chi connectivity index (χ1v) is 9.33. The molecular formula is C21H19F3N2O5. The lowest BCUT2D eigenvalue weighted by Gasteiger charge is -2.20. The number of aliphatic carboxylic acids is 1. The van der Waals surface area contributed by atoms with Crippen LogP contribution in [0.2, 0.25) is 0 Å². The Bertz CT molecular complexity index is 947. The van der Waals surface area contributed by atoms with Crippen LogP contribution in [0.15, 0.2) is 48.5 Å². The van der Waals surface area contributed by atoms with Gasteiger partial charge in [-0.15, -0.1) is 0 Å². The Labute approximate surface area is 175 Å². The maximum Gasteiger partial charge on any atom is 0.407 e. The molecule has 164 valence electrons. The zero-order chi connectivity index (χ0) is 22.6. The van der Waals surface area contributed by atoms with Crippen molar-refractivity contribution < 1.29 is 37.4 Å². The van der Waals surface area contributed by atoms with Crippen LogP contribution in [0.25, 0.3) is 11.1 Å². The second-order valence-corrected chi connectivity index (χ2v) is 6.91. The number of ether oxygens (including phenoxy) is 1. The Kier molecular flexibility index (Phi) is 6.47. The molecule has 3 rings (SSSR count). The average Bonchev–Trinajstić information content (AvgIpc) is 3.03. The molecule has 1 aliphatic rings. The van der Waals surface area contributed by atoms with Crippen LogP contribution in [-0.4, -0.2) is 48.9 Å². The molecule has 0 bridgehead atoms. The highest BCUT2D eigenvalue weighted by atomic mass is 19.4. The predicted molar refractivity (Wildman–Crippen MR) is 103 cm³/mol. The molecule has 2 aromatic carbocycles. The number of carbonyl (C=O) groups excluding carboxylic acids is 2. The number of benzene rings is 2. The number of fused-ring (bicyclic) bond motifs is 3. The van der Waals surface area contributed by atoms with Gasteiger partial charge in [0.2, 0.25) is 5.91 Å². The van der Waals surface area contributed by atoms with E-state index in [9.17, 15) is 27.6 Å². The number of rotatable bonds is 7. The molecule has 3 N–H and O–H groups in total. The van der Waals surface area contributed by atoms with Crippen LogP contribution < -0.4 is 10.6 Å². The molecule has 0 spiro atoms. The molecule has 1 atom stereocenters. The molecule has 2 aromatic rings. The van der Waals surface area contributed by atoms with Gasteiger partial charge >= 0.3 is 18.2 Å². The van der Waals surface area contributed by atoms with Gasteiger partial charge in [0, 0.05) is 12.5 Å². The molecule has 0 saturated heterocycles. The summed E-state index contributed by atoms with van der Waals surface area (Å²) in [6, 6.07) is 15.1. The molecule has 1 unspecified atom stereocenters. The minimum Gasteiger partial charge on any atom is -0.480 e. The highest BCUT2D eigenvalue weighted by molar-refractivity contribution is 5.84. The van der Waals surface area contributed by atoms with Gasteiger partial charge in [-0.2, -0.15) is 13.2 Å². The van der Waals surface area contributed by atoms with Crippen LogP contribution in [-0.2, 0) is 14.3 Å². The Morgan fingerprint density at radius 3 is 2.03 bits per heavy atom. The lowest BCUT2D eigenvalue weighted by Crippen LogP contribution is -2.47. The summed E-state index contributed by atoms with van der Waals surface area (Å²) in [5, 5.41) is 12.1. The minimum absolute atomic E-state index is 0.0955. The Morgan fingerprint density at radius 2 is 1.52 bits per heavy atom. The van der Waals surface area contributed by atoms with Crippen molar-refractivity contribution in [2.75, 3.05) is 19.7 Å². The fraction of sp³-hybridized carbons (Fsp3) is 0.286. The molecule has 0 radical (unpaired) electrons. The molecule has 31 heavy (non-hydrogen) atoms. The molecule has 1 aliphatic carbocycles. The molecule has 10 heteroatoms. The number of carbonyl (C=O) groups is 3. The fourth-order valence-electron chi connectivity index (χ4n) is 3.48. The van der Waals surface area contributed by atoms with Gasteiger partial charge in [-0.3, -0.25) is 9.59 Å². The molecule has 0 fully saturated rings. The van der Waals surface area contributed by atoms with Gasteiger partial charge < -0.3 is 20.5 Å². The summed E-state index contributed by atoms with van der Waals surface area (Å²) in [4.78, 5) is 34.1. The second kappa shape index (κ2) is 9.07. The number of alkyl carbamates (subject to hydrolysis) is 1. The predicted octanol–water partition coefficient (Wildman–Crippen LogP) is 2.90. The number of amides is 2. The number of hydrogen-bond acceptors (Lipinski definition) is 4. The van der Waals surface area contributed by atoms with Crippen molar-refractivity contribution in [2.24, 2.45) is 5.92 Å². The first-order valence-electron chi connectivity index (χ1n) is 9.33. The smallest absolute Gasteiger partial charge is 0.407 e. The Hall–Kier alpha value is -3.56. The summed E-state index contributed by atoms with van der Waals surface area (Å²) in [5.74, 6) is -5.91. The maximum absolute atomic E-state index is 13.1. The van der Waals surface area contributed by atoms with E-state index in [0.29, 0.717) is 0 Å². The van der Waals surface area contributed by atoms with Gasteiger partial charge in [0.15, 0.2) is 5.92 Å². The van der Waals surface area contributed by atoms with Gasteiger partial charge in [0.25, 0.3) is 0 Å². The number of carboxylic acids is 1. The van der Waals surface area contributed by atoms with Crippen LogP contribution in [0, 0.1) is 5.92 Å². The van der Waals surface area contributed by atoms with E-state index in [2.05, 4.69) is 0 Å². The van der Waals surface area contributed by atoms with Crippen molar-refractivity contribution in [3.63, 3.8) is 0 Å². The van der Waals surface area contributed by atoms with E-state index in [1.165, 1.54) is 0 Å². The van der Waals surface area contributed by atoms with Crippen molar-refractivity contribution in [1.29, 1.82) is 0 Å². The van der Waals surface area contributed by atoms with E-state index in [4.69, 9.17) is 9.84 Å². The van der Waals surface area contributed by atoms with Crippen molar-refractivity contribution >= 4 is 18.0 Å². The maximum atomic E-state index is 13.1. The highest BCUT2D eigenvalue weighted by Crippen LogP contribution is 2.44. The third-order valence-corrected chi connectivity index (χ3v) is 4.92. The first-order chi connectivity index (χ1) is 14.7. The lowest BCUT2D eigenvalue weighted by atomic mass is 9.98. The van der Waals surface area contributed by atoms with Gasteiger partial charge in [0.1, 0.15) is 13.2 Å². The van der Waals surface area contributed by atoms with E-state index in [1.807, 2.05) is 53.8 Å². The van der Waals surface area contributed by atoms with E-state index in [1.54, 1.807) is 5.32 Å². The van der Waals surface area contributed by atoms with Crippen molar-refractivity contribution in [2.45, 2.75) is 12.1 Å². The third-order valence-electron chi connectivity index (χ3n) is 4.92. The largest absolute Gasteiger partial charge is 0.480 e. The van der Waals surface area contributed by atoms with E-state index < -0.39 is 43.2 Å². The van der Waals surface area contributed by atoms with Crippen molar-refractivity contribution in [3.05, 3.63) is 59.7 Å². The fourth-order valence-corrected chi connectivity index (χ4v) is 3.48. The zero-order valence-electron chi connectivity index (χ0n) is 16.1. The van der Waals surface area contributed by atoms with Gasteiger partial charge in [-0.05, 0) is 22.3 Å². The molecule has 2 amide bonds. The third kappa shape index (κ3) is 5.14. The van der Waals surface area contributed by atoms with Gasteiger partial charge in [0.05, 0.1) is 0 Å². The summed E-state index contributed by atoms with van der Waals surface area (Å²) in [6.07, 6.45) is -6.08. The normalized spacial score (nSPS) is 13.6. The number of halogens is 3. The topological polar surface area (TPSA) is 105 Å². The molecule has 0 aliphatic heterocycles. The number of carboxylic acid groups (broad SMARTS) is 1. The van der Waals surface area contributed by atoms with Crippen LogP contribution in [0.1, 0.15) is 17.0 Å². The highest BCUT2D eigenvalue weighted by Gasteiger charge is 2.45. The summed E-state index contributed by atoms with van der Waals surface area (Å²) in [5.41, 5.74) is 3.88. The Balaban J connectivity index is 1.61. The van der Waals surface area contributed by atoms with E-state index in [0.717, 1.165) is 22.3 Å². The molecule has 7 nitrogen and oxygen atoms in total. The molecular weight excluding hydrogens is 417 g/mol. The van der Waals surface area contributed by atoms with E-state index in [-0.39, 0.29) is 12.5 Å². The molecule has 0 aromatic heterocycles. The molecule has 0 heterocycles. The monoisotopic (exact) mass is 436 g/mol. The zero-order valence-corrected chi connectivity index (χ0v) is 16.1. The van der Waals surface area contributed by atoms with E-state index >= 15 is 0 Å². The van der Waals surface area contributed by atoms with Crippen molar-refractivity contribution in [3.8, 4) is 11.1 Å². The van der Waals surface area contributed by atoms with Crippen molar-refractivity contribution in [1.82, 2.24) is 10.6 Å². The second-order valence-electron chi connectivity index (χ2n) is 6.91. The number of hydrogen-bond donors (Lipinski definition) is 3. The summed E-state index contributed by atoms with van der Waals surface area (Å²) in [6.45, 7) is -2.14. The quantitative estimate of drug-likeness (QED) is 0.619. The average molecular weight is 436 g/mol. The van der Waals surface area contributed by atoms with Crippen LogP contribution >= 0.6 is 0 Å². The van der Waals surface area contributed by atoms with Crippen LogP contribution in [0.4, 0.5) is 18.0 Å². The van der Waals surface area contributed by atoms with Gasteiger partial charge in [-0.25, -0.2) is 4.79 Å². The summed E-state index contributed by atoms with van der Waals surface area (Å²) in [7, 11) is 0. The standard InChI is InChI=1S/C21H19F3N2O5/c22-21(23,24)17(19(29)25-10-18(27)28)9-26-20(30)31-11-16-14-7-3-1-5-12(14)13-6-2-4-8-15(13)16/h1-8,16-17H,9-11H2,(H,25,29)(H,26,30)(H,27,28). The number of alkyl halides is 3. The summed E-state index contributed by atoms with van der Waals surface area (Å²) < 4.78 is 44.5. The molecule has 0 saturated carbocycles. The van der Waals surface area contributed by atoms with Crippen LogP contribution in [0.3, 0.4) is 0 Å². The first kappa shape index (κ1) is 22.1. The number of nitrogens with one attached hydrogen (secondary N) is 2. The minimum atomic E-state index is -4.97. The Morgan fingerprint density at radius 1 is 0.968 bits per heavy atom.